The molecule has 0 fully saturated rings. The fourth-order valence-corrected chi connectivity index (χ4v) is 2.03. The van der Waals surface area contributed by atoms with Gasteiger partial charge < -0.3 is 14.8 Å². The highest BCUT2D eigenvalue weighted by Crippen LogP contribution is 2.26. The van der Waals surface area contributed by atoms with Gasteiger partial charge in [-0.3, -0.25) is 9.59 Å². The van der Waals surface area contributed by atoms with Crippen LogP contribution in [0.1, 0.15) is 24.2 Å². The number of carbonyl (C=O) groups excluding carboxylic acids is 2. The van der Waals surface area contributed by atoms with Crippen molar-refractivity contribution >= 4 is 17.4 Å². The molecular formula is C18H19NO4. The number of para-hydroxylation sites is 1. The van der Waals surface area contributed by atoms with E-state index in [9.17, 15) is 9.59 Å². The highest BCUT2D eigenvalue weighted by Gasteiger charge is 2.18. The van der Waals surface area contributed by atoms with Gasteiger partial charge in [-0.05, 0) is 38.1 Å². The van der Waals surface area contributed by atoms with Crippen LogP contribution >= 0.6 is 0 Å². The van der Waals surface area contributed by atoms with Gasteiger partial charge in [-0.15, -0.1) is 0 Å². The third kappa shape index (κ3) is 4.32. The van der Waals surface area contributed by atoms with E-state index in [2.05, 4.69) is 5.32 Å². The first-order valence-corrected chi connectivity index (χ1v) is 7.23. The zero-order valence-electron chi connectivity index (χ0n) is 13.3. The molecular weight excluding hydrogens is 294 g/mol. The summed E-state index contributed by atoms with van der Waals surface area (Å²) in [7, 11) is 1.53. The molecule has 0 aliphatic rings. The number of amides is 1. The number of hydrogen-bond donors (Lipinski definition) is 1. The maximum atomic E-state index is 12.2. The standard InChI is InChI=1S/C18H19NO4/c1-12(20)16-10-9-15(22-3)11-17(16)23-13(2)18(21)19-14-7-5-4-6-8-14/h4-11,13H,1-3H3,(H,19,21). The Morgan fingerprint density at radius 2 is 1.78 bits per heavy atom. The maximum absolute atomic E-state index is 12.2. The molecule has 0 aromatic heterocycles. The van der Waals surface area contributed by atoms with Crippen LogP contribution in [-0.2, 0) is 4.79 Å². The quantitative estimate of drug-likeness (QED) is 0.831. The van der Waals surface area contributed by atoms with Crippen molar-refractivity contribution in [2.75, 3.05) is 12.4 Å². The molecule has 2 rings (SSSR count). The molecule has 2 aromatic rings. The monoisotopic (exact) mass is 313 g/mol. The van der Waals surface area contributed by atoms with Crippen molar-refractivity contribution in [1.29, 1.82) is 0 Å². The summed E-state index contributed by atoms with van der Waals surface area (Å²) in [4.78, 5) is 23.9. The predicted molar refractivity (Wildman–Crippen MR) is 88.2 cm³/mol. The summed E-state index contributed by atoms with van der Waals surface area (Å²) >= 11 is 0. The maximum Gasteiger partial charge on any atom is 0.265 e. The molecule has 1 atom stereocenters. The summed E-state index contributed by atoms with van der Waals surface area (Å²) in [6.45, 7) is 3.07. The molecule has 5 heteroatoms. The van der Waals surface area contributed by atoms with Crippen molar-refractivity contribution in [3.63, 3.8) is 0 Å². The van der Waals surface area contributed by atoms with E-state index in [1.807, 2.05) is 18.2 Å². The highest BCUT2D eigenvalue weighted by atomic mass is 16.5. The van der Waals surface area contributed by atoms with Gasteiger partial charge in [-0.2, -0.15) is 0 Å². The molecule has 0 saturated heterocycles. The topological polar surface area (TPSA) is 64.6 Å². The van der Waals surface area contributed by atoms with Gasteiger partial charge >= 0.3 is 0 Å². The van der Waals surface area contributed by atoms with Crippen LogP contribution in [0.3, 0.4) is 0 Å². The van der Waals surface area contributed by atoms with Crippen LogP contribution in [0.4, 0.5) is 5.69 Å². The molecule has 1 amide bonds. The van der Waals surface area contributed by atoms with Crippen LogP contribution in [0.25, 0.3) is 0 Å². The molecule has 0 saturated carbocycles. The first-order chi connectivity index (χ1) is 11.0. The second kappa shape index (κ2) is 7.45. The van der Waals surface area contributed by atoms with Crippen LogP contribution in [0, 0.1) is 0 Å². The number of anilines is 1. The second-order valence-electron chi connectivity index (χ2n) is 5.03. The minimum absolute atomic E-state index is 0.140. The molecule has 0 bridgehead atoms. The van der Waals surface area contributed by atoms with Crippen LogP contribution in [-0.4, -0.2) is 24.9 Å². The summed E-state index contributed by atoms with van der Waals surface area (Å²) in [5.74, 6) is 0.445. The molecule has 0 spiro atoms. The van der Waals surface area contributed by atoms with E-state index < -0.39 is 6.10 Å². The number of Topliss-reactive ketones (excluding diaryl/α,β-unsaturated/α-hetero) is 1. The molecule has 0 heterocycles. The Morgan fingerprint density at radius 3 is 2.39 bits per heavy atom. The van der Waals surface area contributed by atoms with Crippen molar-refractivity contribution in [2.45, 2.75) is 20.0 Å². The molecule has 0 aliphatic carbocycles. The summed E-state index contributed by atoms with van der Waals surface area (Å²) in [5.41, 5.74) is 1.09. The minimum atomic E-state index is -0.764. The lowest BCUT2D eigenvalue weighted by atomic mass is 10.1. The van der Waals surface area contributed by atoms with Crippen LogP contribution in [0.2, 0.25) is 0 Å². The number of benzene rings is 2. The predicted octanol–water partition coefficient (Wildman–Crippen LogP) is 3.30. The average Bonchev–Trinajstić information content (AvgIpc) is 2.55. The molecule has 0 radical (unpaired) electrons. The average molecular weight is 313 g/mol. The first-order valence-electron chi connectivity index (χ1n) is 7.23. The third-order valence-corrected chi connectivity index (χ3v) is 3.28. The van der Waals surface area contributed by atoms with E-state index in [1.54, 1.807) is 37.3 Å². The molecule has 0 aliphatic heterocycles. The van der Waals surface area contributed by atoms with Crippen molar-refractivity contribution in [2.24, 2.45) is 0 Å². The Labute approximate surface area is 135 Å². The normalized spacial score (nSPS) is 11.4. The number of hydrogen-bond acceptors (Lipinski definition) is 4. The van der Waals surface area contributed by atoms with E-state index in [0.717, 1.165) is 0 Å². The van der Waals surface area contributed by atoms with E-state index in [4.69, 9.17) is 9.47 Å². The van der Waals surface area contributed by atoms with Gasteiger partial charge in [0.05, 0.1) is 12.7 Å². The zero-order chi connectivity index (χ0) is 16.8. The molecule has 1 N–H and O–H groups in total. The van der Waals surface area contributed by atoms with Gasteiger partial charge in [-0.25, -0.2) is 0 Å². The first kappa shape index (κ1) is 16.5. The highest BCUT2D eigenvalue weighted by molar-refractivity contribution is 5.98. The second-order valence-corrected chi connectivity index (χ2v) is 5.03. The van der Waals surface area contributed by atoms with Gasteiger partial charge in [0.1, 0.15) is 11.5 Å². The van der Waals surface area contributed by atoms with E-state index in [-0.39, 0.29) is 11.7 Å². The van der Waals surface area contributed by atoms with Crippen molar-refractivity contribution in [3.05, 3.63) is 54.1 Å². The van der Waals surface area contributed by atoms with Gasteiger partial charge in [0.15, 0.2) is 11.9 Å². The smallest absolute Gasteiger partial charge is 0.265 e. The molecule has 23 heavy (non-hydrogen) atoms. The van der Waals surface area contributed by atoms with Crippen LogP contribution in [0.15, 0.2) is 48.5 Å². The van der Waals surface area contributed by atoms with Gasteiger partial charge in [0, 0.05) is 11.8 Å². The van der Waals surface area contributed by atoms with E-state index in [0.29, 0.717) is 22.7 Å². The molecule has 1 unspecified atom stereocenters. The van der Waals surface area contributed by atoms with Crippen LogP contribution < -0.4 is 14.8 Å². The SMILES string of the molecule is COc1ccc(C(C)=O)c(OC(C)C(=O)Nc2ccccc2)c1. The lowest BCUT2D eigenvalue weighted by Crippen LogP contribution is -2.30. The minimum Gasteiger partial charge on any atom is -0.497 e. The van der Waals surface area contributed by atoms with Gasteiger partial charge in [0.2, 0.25) is 0 Å². The molecule has 2 aromatic carbocycles. The Kier molecular flexibility index (Phi) is 5.36. The molecule has 5 nitrogen and oxygen atoms in total. The van der Waals surface area contributed by atoms with Crippen molar-refractivity contribution in [3.8, 4) is 11.5 Å². The number of ether oxygens (including phenoxy) is 2. The number of nitrogens with one attached hydrogen (secondary N) is 1. The number of rotatable bonds is 6. The summed E-state index contributed by atoms with van der Waals surface area (Å²) in [5, 5.41) is 2.76. The zero-order valence-corrected chi connectivity index (χ0v) is 13.3. The van der Waals surface area contributed by atoms with Gasteiger partial charge in [-0.1, -0.05) is 18.2 Å². The lowest BCUT2D eigenvalue weighted by Gasteiger charge is -2.17. The fraction of sp³-hybridized carbons (Fsp3) is 0.222. The number of methoxy groups -OCH3 is 1. The number of carbonyl (C=O) groups is 2. The summed E-state index contributed by atoms with van der Waals surface area (Å²) in [6.07, 6.45) is -0.764. The Balaban J connectivity index is 2.14. The fourth-order valence-electron chi connectivity index (χ4n) is 2.03. The lowest BCUT2D eigenvalue weighted by molar-refractivity contribution is -0.122. The summed E-state index contributed by atoms with van der Waals surface area (Å²) in [6, 6.07) is 14.0. The molecule has 120 valence electrons. The third-order valence-electron chi connectivity index (χ3n) is 3.28. The van der Waals surface area contributed by atoms with Crippen molar-refractivity contribution < 1.29 is 19.1 Å². The van der Waals surface area contributed by atoms with Crippen LogP contribution in [0.5, 0.6) is 11.5 Å². The van der Waals surface area contributed by atoms with E-state index >= 15 is 0 Å². The largest absolute Gasteiger partial charge is 0.497 e. The van der Waals surface area contributed by atoms with E-state index in [1.165, 1.54) is 14.0 Å². The Morgan fingerprint density at radius 1 is 1.09 bits per heavy atom. The Bertz CT molecular complexity index is 697. The van der Waals surface area contributed by atoms with Gasteiger partial charge in [0.25, 0.3) is 5.91 Å². The summed E-state index contributed by atoms with van der Waals surface area (Å²) < 4.78 is 10.8. The number of ketones is 1. The van der Waals surface area contributed by atoms with Crippen molar-refractivity contribution in [1.82, 2.24) is 0 Å². The Hall–Kier alpha value is -2.82.